The first-order valence-electron chi connectivity index (χ1n) is 18.7. The van der Waals surface area contributed by atoms with Crippen LogP contribution >= 0.6 is 0 Å². The van der Waals surface area contributed by atoms with Crippen molar-refractivity contribution in [1.29, 1.82) is 0 Å². The molecule has 0 rings (SSSR count). The molecule has 0 bridgehead atoms. The molecule has 1 unspecified atom stereocenters. The lowest BCUT2D eigenvalue weighted by atomic mass is 9.86. The van der Waals surface area contributed by atoms with Gasteiger partial charge in [0, 0.05) is 50.2 Å². The van der Waals surface area contributed by atoms with Crippen LogP contribution in [0.15, 0.2) is 0 Å². The van der Waals surface area contributed by atoms with Gasteiger partial charge in [0.1, 0.15) is 11.8 Å². The van der Waals surface area contributed by atoms with Gasteiger partial charge < -0.3 is 41.9 Å². The van der Waals surface area contributed by atoms with Gasteiger partial charge >= 0.3 is 5.97 Å². The number of aliphatic carboxylic acids is 1. The normalized spacial score (nSPS) is 14.2. The van der Waals surface area contributed by atoms with Crippen LogP contribution in [-0.4, -0.2) is 95.3 Å². The number of carboxylic acids is 1. The van der Waals surface area contributed by atoms with Crippen molar-refractivity contribution >= 4 is 35.4 Å². The van der Waals surface area contributed by atoms with E-state index in [1.807, 2.05) is 6.92 Å². The number of carbonyl (C=O) groups excluding carboxylic acids is 5. The molecule has 0 radical (unpaired) electrons. The molecular formula is C36H67N5O9. The number of ketones is 1. The van der Waals surface area contributed by atoms with Crippen molar-refractivity contribution in [1.82, 2.24) is 26.6 Å². The van der Waals surface area contributed by atoms with E-state index in [4.69, 9.17) is 5.11 Å². The van der Waals surface area contributed by atoms with Gasteiger partial charge in [0.25, 0.3) is 0 Å². The van der Waals surface area contributed by atoms with Crippen molar-refractivity contribution in [2.24, 2.45) is 17.8 Å². The van der Waals surface area contributed by atoms with Crippen LogP contribution in [0.25, 0.3) is 0 Å². The average molecular weight is 714 g/mol. The van der Waals surface area contributed by atoms with Gasteiger partial charge in [-0.1, -0.05) is 72.1 Å². The van der Waals surface area contributed by atoms with Gasteiger partial charge in [0.05, 0.1) is 6.04 Å². The molecular weight excluding hydrogens is 646 g/mol. The molecule has 4 amide bonds. The van der Waals surface area contributed by atoms with Crippen molar-refractivity contribution in [3.8, 4) is 0 Å². The minimum absolute atomic E-state index is 0.0550. The summed E-state index contributed by atoms with van der Waals surface area (Å²) in [5.74, 6) is -4.90. The third-order valence-corrected chi connectivity index (χ3v) is 9.11. The molecule has 14 nitrogen and oxygen atoms in total. The van der Waals surface area contributed by atoms with Gasteiger partial charge in [-0.2, -0.15) is 0 Å². The largest absolute Gasteiger partial charge is 0.481 e. The van der Waals surface area contributed by atoms with E-state index in [0.717, 1.165) is 12.8 Å². The van der Waals surface area contributed by atoms with E-state index in [1.165, 1.54) is 65.7 Å². The average Bonchev–Trinajstić information content (AvgIpc) is 3.06. The maximum absolute atomic E-state index is 12.8. The Morgan fingerprint density at radius 2 is 1.26 bits per heavy atom. The molecule has 0 aromatic carbocycles. The van der Waals surface area contributed by atoms with Gasteiger partial charge in [-0.3, -0.25) is 28.8 Å². The highest BCUT2D eigenvalue weighted by molar-refractivity contribution is 5.88. The molecule has 0 aliphatic heterocycles. The highest BCUT2D eigenvalue weighted by atomic mass is 16.5. The fourth-order valence-electron chi connectivity index (χ4n) is 5.55. The number of aliphatic hydroxyl groups excluding tert-OH is 1. The molecule has 0 fully saturated rings. The number of carbonyl (C=O) groups is 6. The number of hydrogen-bond acceptors (Lipinski definition) is 9. The molecule has 0 aliphatic rings. The van der Waals surface area contributed by atoms with Crippen LogP contribution in [0.2, 0.25) is 0 Å². The van der Waals surface area contributed by atoms with E-state index in [2.05, 4.69) is 33.5 Å². The smallest absolute Gasteiger partial charge is 0.303 e. The van der Waals surface area contributed by atoms with E-state index in [-0.39, 0.29) is 49.3 Å². The Kier molecular flexibility index (Phi) is 26.8. The van der Waals surface area contributed by atoms with E-state index in [1.54, 1.807) is 0 Å². The summed E-state index contributed by atoms with van der Waals surface area (Å²) in [6, 6.07) is -2.06. The molecule has 0 aromatic rings. The summed E-state index contributed by atoms with van der Waals surface area (Å²) in [6.07, 6.45) is 10.1. The number of aliphatic hydroxyl groups is 2. The van der Waals surface area contributed by atoms with Crippen molar-refractivity contribution in [3.05, 3.63) is 0 Å². The van der Waals surface area contributed by atoms with Gasteiger partial charge in [-0.15, -0.1) is 0 Å². The highest BCUT2D eigenvalue weighted by Crippen LogP contribution is 2.20. The zero-order valence-corrected chi connectivity index (χ0v) is 31.2. The fourth-order valence-corrected chi connectivity index (χ4v) is 5.55. The summed E-state index contributed by atoms with van der Waals surface area (Å²) in [7, 11) is 0. The number of unbranched alkanes of at least 4 members (excludes halogenated alkanes) is 8. The number of hydrogen-bond donors (Lipinski definition) is 8. The Morgan fingerprint density at radius 1 is 0.640 bits per heavy atom. The Hall–Kier alpha value is -3.10. The standard InChI is InChI=1S/C36H67N5O9/c1-6-8-9-10-11-12-13-14-15-16-31(43)38-24-23-37-21-19-28(7-2)34(47)40-26(4)33(46)39-22-20-30(36(49)50)41-35(48)29(17-18-32(44)45)25(3)27(5)42/h25-26,28-30,36-37,49-50H,6-24H2,1-5H3,(H,38,43)(H,39,46)(H,40,47)(H,41,48)(H,44,45)/t25?,26-,28+,29+,30-/m1/s1. The number of amides is 4. The second kappa shape index (κ2) is 28.6. The summed E-state index contributed by atoms with van der Waals surface area (Å²) in [4.78, 5) is 73.3. The van der Waals surface area contributed by atoms with Crippen LogP contribution in [0.3, 0.4) is 0 Å². The van der Waals surface area contributed by atoms with Crippen LogP contribution in [-0.2, 0) is 28.8 Å². The predicted molar refractivity (Wildman–Crippen MR) is 192 cm³/mol. The molecule has 0 saturated carbocycles. The van der Waals surface area contributed by atoms with Crippen molar-refractivity contribution in [2.75, 3.05) is 26.2 Å². The molecule has 0 spiro atoms. The number of nitrogens with one attached hydrogen (secondary N) is 5. The van der Waals surface area contributed by atoms with Crippen molar-refractivity contribution in [2.45, 2.75) is 149 Å². The van der Waals surface area contributed by atoms with Gasteiger partial charge in [0.15, 0.2) is 6.29 Å². The summed E-state index contributed by atoms with van der Waals surface area (Å²) < 4.78 is 0. The second-order valence-corrected chi connectivity index (χ2v) is 13.3. The first-order chi connectivity index (χ1) is 23.7. The van der Waals surface area contributed by atoms with E-state index < -0.39 is 48.0 Å². The molecule has 14 heteroatoms. The quantitative estimate of drug-likeness (QED) is 0.0387. The second-order valence-electron chi connectivity index (χ2n) is 13.3. The minimum Gasteiger partial charge on any atom is -0.481 e. The topological polar surface area (TPSA) is 223 Å². The van der Waals surface area contributed by atoms with Crippen LogP contribution in [0.5, 0.6) is 0 Å². The Morgan fingerprint density at radius 3 is 1.82 bits per heavy atom. The highest BCUT2D eigenvalue weighted by Gasteiger charge is 2.31. The van der Waals surface area contributed by atoms with Gasteiger partial charge in [0.2, 0.25) is 23.6 Å². The van der Waals surface area contributed by atoms with Gasteiger partial charge in [-0.05, 0) is 52.5 Å². The lowest BCUT2D eigenvalue weighted by Crippen LogP contribution is -2.50. The molecule has 290 valence electrons. The summed E-state index contributed by atoms with van der Waals surface area (Å²) >= 11 is 0. The van der Waals surface area contributed by atoms with Crippen LogP contribution < -0.4 is 26.6 Å². The third kappa shape index (κ3) is 22.6. The summed E-state index contributed by atoms with van der Waals surface area (Å²) in [5.41, 5.74) is 0. The first-order valence-corrected chi connectivity index (χ1v) is 18.7. The molecule has 8 N–H and O–H groups in total. The molecule has 0 aromatic heterocycles. The zero-order chi connectivity index (χ0) is 37.9. The molecule has 5 atom stereocenters. The van der Waals surface area contributed by atoms with Gasteiger partial charge in [-0.25, -0.2) is 0 Å². The van der Waals surface area contributed by atoms with Crippen LogP contribution in [0.4, 0.5) is 0 Å². The van der Waals surface area contributed by atoms with Crippen molar-refractivity contribution in [3.63, 3.8) is 0 Å². The van der Waals surface area contributed by atoms with E-state index in [9.17, 15) is 39.0 Å². The van der Waals surface area contributed by atoms with E-state index in [0.29, 0.717) is 38.9 Å². The maximum Gasteiger partial charge on any atom is 0.303 e. The molecule has 0 heterocycles. The zero-order valence-electron chi connectivity index (χ0n) is 31.2. The van der Waals surface area contributed by atoms with Crippen LogP contribution in [0.1, 0.15) is 131 Å². The lowest BCUT2D eigenvalue weighted by Gasteiger charge is -2.26. The number of rotatable bonds is 31. The summed E-state index contributed by atoms with van der Waals surface area (Å²) in [5, 5.41) is 42.6. The molecule has 50 heavy (non-hydrogen) atoms. The fraction of sp³-hybridized carbons (Fsp3) is 0.833. The monoisotopic (exact) mass is 713 g/mol. The Labute approximate surface area is 299 Å². The minimum atomic E-state index is -1.97. The SMILES string of the molecule is CCCCCCCCCCCC(=O)NCCNCC[C@H](CC)C(=O)N[C@H](C)C(=O)NCC[C@@H](NC(=O)[C@@H](CCC(=O)O)C(C)C(C)=O)C(O)O. The lowest BCUT2D eigenvalue weighted by molar-refractivity contribution is -0.140. The predicted octanol–water partition coefficient (Wildman–Crippen LogP) is 2.54. The maximum atomic E-state index is 12.8. The van der Waals surface area contributed by atoms with Crippen molar-refractivity contribution < 1.29 is 44.1 Å². The number of Topliss-reactive ketones (excluding diaryl/α,β-unsaturated/α-hetero) is 1. The number of carboxylic acid groups (broad SMARTS) is 1. The third-order valence-electron chi connectivity index (χ3n) is 9.11. The van der Waals surface area contributed by atoms with E-state index >= 15 is 0 Å². The summed E-state index contributed by atoms with van der Waals surface area (Å²) in [6.45, 7) is 10.1. The Balaban J connectivity index is 4.43. The van der Waals surface area contributed by atoms with Crippen LogP contribution in [0, 0.1) is 17.8 Å². The first kappa shape index (κ1) is 46.9. The molecule has 0 aliphatic carbocycles. The Bertz CT molecular complexity index is 1010. The molecule has 0 saturated heterocycles.